The zero-order chi connectivity index (χ0) is 19.0. The number of aromatic carboxylic acids is 1. The van der Waals surface area contributed by atoms with Crippen LogP contribution in [0.25, 0.3) is 10.2 Å². The third-order valence-corrected chi connectivity index (χ3v) is 6.17. The van der Waals surface area contributed by atoms with Gasteiger partial charge in [0.2, 0.25) is 0 Å². The zero-order valence-corrected chi connectivity index (χ0v) is 16.3. The number of fused-ring (bicyclic) bond motifs is 1. The highest BCUT2D eigenvalue weighted by molar-refractivity contribution is 7.20. The minimum atomic E-state index is -0.896. The number of hydrogen-bond acceptors (Lipinski definition) is 6. The molecule has 2 aromatic heterocycles. The molecule has 0 aliphatic carbocycles. The average Bonchev–Trinajstić information content (AvgIpc) is 2.99. The number of rotatable bonds is 4. The largest absolute Gasteiger partial charge is 0.477 e. The van der Waals surface area contributed by atoms with Crippen LogP contribution in [0.3, 0.4) is 0 Å². The predicted molar refractivity (Wildman–Crippen MR) is 108 cm³/mol. The molecule has 1 fully saturated rings. The SMILES string of the molecule is Cc1nc(N2CCN(Cc3ccccc3)CC2)c2c(C)c(C(=O)O)sc2n1. The van der Waals surface area contributed by atoms with Crippen molar-refractivity contribution in [1.82, 2.24) is 14.9 Å². The molecular weight excluding hydrogens is 360 g/mol. The van der Waals surface area contributed by atoms with E-state index in [1.165, 1.54) is 16.9 Å². The van der Waals surface area contributed by atoms with E-state index in [0.717, 1.165) is 54.3 Å². The van der Waals surface area contributed by atoms with Crippen LogP contribution in [0.5, 0.6) is 0 Å². The lowest BCUT2D eigenvalue weighted by Crippen LogP contribution is -2.46. The maximum atomic E-state index is 11.5. The first kappa shape index (κ1) is 17.9. The Kier molecular flexibility index (Phi) is 4.80. The van der Waals surface area contributed by atoms with Gasteiger partial charge in [-0.3, -0.25) is 4.90 Å². The number of anilines is 1. The Labute approximate surface area is 162 Å². The van der Waals surface area contributed by atoms with Crippen molar-refractivity contribution in [2.24, 2.45) is 0 Å². The van der Waals surface area contributed by atoms with Crippen LogP contribution in [0.1, 0.15) is 26.6 Å². The lowest BCUT2D eigenvalue weighted by atomic mass is 10.1. The molecule has 1 aliphatic rings. The van der Waals surface area contributed by atoms with Crippen LogP contribution >= 0.6 is 11.3 Å². The fourth-order valence-corrected chi connectivity index (χ4v) is 4.67. The van der Waals surface area contributed by atoms with Crippen molar-refractivity contribution in [2.75, 3.05) is 31.1 Å². The van der Waals surface area contributed by atoms with E-state index < -0.39 is 5.97 Å². The monoisotopic (exact) mass is 382 g/mol. The first-order chi connectivity index (χ1) is 13.0. The zero-order valence-electron chi connectivity index (χ0n) is 15.5. The molecule has 1 N–H and O–H groups in total. The Morgan fingerprint density at radius 2 is 1.81 bits per heavy atom. The Bertz CT molecular complexity index is 979. The van der Waals surface area contributed by atoms with E-state index in [1.807, 2.05) is 19.9 Å². The Morgan fingerprint density at radius 3 is 2.48 bits per heavy atom. The van der Waals surface area contributed by atoms with Gasteiger partial charge in [0.05, 0.1) is 5.39 Å². The van der Waals surface area contributed by atoms with Gasteiger partial charge in [-0.05, 0) is 25.0 Å². The van der Waals surface area contributed by atoms with Gasteiger partial charge in [0, 0.05) is 32.7 Å². The Balaban J connectivity index is 1.57. The summed E-state index contributed by atoms with van der Waals surface area (Å²) in [5, 5.41) is 10.3. The molecule has 3 heterocycles. The molecule has 0 atom stereocenters. The summed E-state index contributed by atoms with van der Waals surface area (Å²) in [7, 11) is 0. The topological polar surface area (TPSA) is 69.6 Å². The smallest absolute Gasteiger partial charge is 0.346 e. The summed E-state index contributed by atoms with van der Waals surface area (Å²) in [4.78, 5) is 26.5. The summed E-state index contributed by atoms with van der Waals surface area (Å²) in [6, 6.07) is 10.5. The van der Waals surface area contributed by atoms with Gasteiger partial charge in [0.25, 0.3) is 0 Å². The number of carboxylic acid groups (broad SMARTS) is 1. The minimum Gasteiger partial charge on any atom is -0.477 e. The molecule has 1 saturated heterocycles. The first-order valence-corrected chi connectivity index (χ1v) is 9.87. The van der Waals surface area contributed by atoms with E-state index >= 15 is 0 Å². The van der Waals surface area contributed by atoms with Crippen molar-refractivity contribution in [3.8, 4) is 0 Å². The minimum absolute atomic E-state index is 0.355. The maximum absolute atomic E-state index is 11.5. The summed E-state index contributed by atoms with van der Waals surface area (Å²) in [5.74, 6) is 0.660. The van der Waals surface area contributed by atoms with Crippen molar-refractivity contribution >= 4 is 33.3 Å². The third kappa shape index (κ3) is 3.52. The molecule has 0 bridgehead atoms. The summed E-state index contributed by atoms with van der Waals surface area (Å²) in [6.07, 6.45) is 0. The lowest BCUT2D eigenvalue weighted by molar-refractivity contribution is 0.0701. The molecule has 1 aliphatic heterocycles. The number of nitrogens with zero attached hydrogens (tertiary/aromatic N) is 4. The van der Waals surface area contributed by atoms with Crippen LogP contribution in [-0.4, -0.2) is 52.1 Å². The molecule has 0 unspecified atom stereocenters. The van der Waals surface area contributed by atoms with Crippen molar-refractivity contribution in [2.45, 2.75) is 20.4 Å². The van der Waals surface area contributed by atoms with E-state index in [4.69, 9.17) is 0 Å². The van der Waals surface area contributed by atoms with E-state index in [9.17, 15) is 9.90 Å². The van der Waals surface area contributed by atoms with Crippen LogP contribution in [0, 0.1) is 13.8 Å². The van der Waals surface area contributed by atoms with E-state index in [0.29, 0.717) is 10.7 Å². The molecule has 4 rings (SSSR count). The van der Waals surface area contributed by atoms with Crippen LogP contribution in [0.4, 0.5) is 5.82 Å². The van der Waals surface area contributed by atoms with Crippen LogP contribution in [0.2, 0.25) is 0 Å². The maximum Gasteiger partial charge on any atom is 0.346 e. The number of hydrogen-bond donors (Lipinski definition) is 1. The highest BCUT2D eigenvalue weighted by Gasteiger charge is 2.25. The van der Waals surface area contributed by atoms with Crippen molar-refractivity contribution in [1.29, 1.82) is 0 Å². The number of aromatic nitrogens is 2. The molecule has 140 valence electrons. The highest BCUT2D eigenvalue weighted by Crippen LogP contribution is 2.35. The number of thiophene rings is 1. The summed E-state index contributed by atoms with van der Waals surface area (Å²) >= 11 is 1.24. The Morgan fingerprint density at radius 1 is 1.11 bits per heavy atom. The second-order valence-corrected chi connectivity index (χ2v) is 7.88. The van der Waals surface area contributed by atoms with Crippen LogP contribution in [0.15, 0.2) is 30.3 Å². The number of aryl methyl sites for hydroxylation is 2. The summed E-state index contributed by atoms with van der Waals surface area (Å²) in [5.41, 5.74) is 2.09. The van der Waals surface area contributed by atoms with Crippen LogP contribution in [-0.2, 0) is 6.54 Å². The predicted octanol–water partition coefficient (Wildman–Crippen LogP) is 3.33. The van der Waals surface area contributed by atoms with Gasteiger partial charge in [0.1, 0.15) is 21.3 Å². The van der Waals surface area contributed by atoms with Gasteiger partial charge in [-0.1, -0.05) is 30.3 Å². The van der Waals surface area contributed by atoms with E-state index in [-0.39, 0.29) is 0 Å². The average molecular weight is 382 g/mol. The number of benzene rings is 1. The summed E-state index contributed by atoms with van der Waals surface area (Å²) in [6.45, 7) is 8.32. The van der Waals surface area contributed by atoms with Crippen molar-refractivity contribution in [3.05, 3.63) is 52.2 Å². The lowest BCUT2D eigenvalue weighted by Gasteiger charge is -2.35. The molecular formula is C20H22N4O2S. The second kappa shape index (κ2) is 7.25. The number of carbonyl (C=O) groups is 1. The molecule has 7 heteroatoms. The van der Waals surface area contributed by atoms with Gasteiger partial charge in [0.15, 0.2) is 0 Å². The van der Waals surface area contributed by atoms with Crippen LogP contribution < -0.4 is 4.90 Å². The van der Waals surface area contributed by atoms with Gasteiger partial charge < -0.3 is 10.0 Å². The van der Waals surface area contributed by atoms with Crippen molar-refractivity contribution < 1.29 is 9.90 Å². The van der Waals surface area contributed by atoms with Crippen molar-refractivity contribution in [3.63, 3.8) is 0 Å². The molecule has 0 radical (unpaired) electrons. The summed E-state index contributed by atoms with van der Waals surface area (Å²) < 4.78 is 0. The molecule has 0 saturated carbocycles. The molecule has 6 nitrogen and oxygen atoms in total. The molecule has 27 heavy (non-hydrogen) atoms. The van der Waals surface area contributed by atoms with Gasteiger partial charge in [-0.2, -0.15) is 0 Å². The van der Waals surface area contributed by atoms with E-state index in [2.05, 4.69) is 44.0 Å². The second-order valence-electron chi connectivity index (χ2n) is 6.88. The van der Waals surface area contributed by atoms with Gasteiger partial charge in [-0.25, -0.2) is 14.8 Å². The standard InChI is InChI=1S/C20H22N4O2S/c1-13-16-18(21-14(2)22-19(16)27-17(13)20(25)26)24-10-8-23(9-11-24)12-15-6-4-3-5-7-15/h3-7H,8-12H2,1-2H3,(H,25,26). The highest BCUT2D eigenvalue weighted by atomic mass is 32.1. The first-order valence-electron chi connectivity index (χ1n) is 9.05. The quantitative estimate of drug-likeness (QED) is 0.746. The normalized spacial score (nSPS) is 15.4. The molecule has 3 aromatic rings. The Hall–Kier alpha value is -2.51. The third-order valence-electron chi connectivity index (χ3n) is 5.00. The van der Waals surface area contributed by atoms with Gasteiger partial charge >= 0.3 is 5.97 Å². The molecule has 0 spiro atoms. The van der Waals surface area contributed by atoms with E-state index in [1.54, 1.807) is 0 Å². The number of piperazine rings is 1. The van der Waals surface area contributed by atoms with Gasteiger partial charge in [-0.15, -0.1) is 11.3 Å². The number of carboxylic acids is 1. The fraction of sp³-hybridized carbons (Fsp3) is 0.350. The fourth-order valence-electron chi connectivity index (χ4n) is 3.61. The molecule has 0 amide bonds. The molecule has 1 aromatic carbocycles.